The van der Waals surface area contributed by atoms with Crippen molar-refractivity contribution in [2.45, 2.75) is 19.9 Å². The van der Waals surface area contributed by atoms with Crippen LogP contribution in [-0.4, -0.2) is 23.1 Å². The van der Waals surface area contributed by atoms with E-state index in [2.05, 4.69) is 21.2 Å². The third-order valence-electron chi connectivity index (χ3n) is 3.92. The molecule has 0 saturated carbocycles. The van der Waals surface area contributed by atoms with Crippen molar-refractivity contribution in [3.05, 3.63) is 63.1 Å². The first kappa shape index (κ1) is 18.9. The van der Waals surface area contributed by atoms with E-state index in [1.54, 1.807) is 36.4 Å². The number of para-hydroxylation sites is 2. The fourth-order valence-corrected chi connectivity index (χ4v) is 2.81. The molecule has 0 unspecified atom stereocenters. The molecule has 1 heterocycles. The number of amides is 1. The van der Waals surface area contributed by atoms with Crippen molar-refractivity contribution in [3.8, 4) is 0 Å². The summed E-state index contributed by atoms with van der Waals surface area (Å²) < 4.78 is 12.4. The lowest BCUT2D eigenvalue weighted by atomic mass is 10.2. The molecule has 0 bridgehead atoms. The molecule has 1 aromatic heterocycles. The lowest BCUT2D eigenvalue weighted by Gasteiger charge is -2.08. The number of halogens is 1. The Kier molecular flexibility index (Phi) is 5.75. The number of aromatic nitrogens is 1. The number of fused-ring (bicyclic) bond motifs is 1. The average molecular weight is 433 g/mol. The fraction of sp³-hybridized carbons (Fsp3) is 0.211. The van der Waals surface area contributed by atoms with Crippen LogP contribution in [0.1, 0.15) is 12.0 Å². The van der Waals surface area contributed by atoms with E-state index >= 15 is 0 Å². The summed E-state index contributed by atoms with van der Waals surface area (Å²) in [6, 6.07) is 12.3. The molecule has 0 saturated heterocycles. The molecule has 1 amide bonds. The van der Waals surface area contributed by atoms with Gasteiger partial charge in [-0.3, -0.25) is 14.2 Å². The van der Waals surface area contributed by atoms with Crippen LogP contribution in [0, 0.1) is 6.92 Å². The average Bonchev–Trinajstić information content (AvgIpc) is 2.96. The van der Waals surface area contributed by atoms with Crippen LogP contribution < -0.4 is 11.1 Å². The van der Waals surface area contributed by atoms with Gasteiger partial charge in [-0.2, -0.15) is 0 Å². The largest absolute Gasteiger partial charge is 0.456 e. The number of nitrogens with one attached hydrogen (secondary N) is 1. The van der Waals surface area contributed by atoms with Crippen LogP contribution in [0.25, 0.3) is 11.1 Å². The summed E-state index contributed by atoms with van der Waals surface area (Å²) in [4.78, 5) is 35.6. The molecule has 3 aromatic rings. The second kappa shape index (κ2) is 8.22. The maximum absolute atomic E-state index is 11.9. The summed E-state index contributed by atoms with van der Waals surface area (Å²) in [6.45, 7) is 1.62. The highest BCUT2D eigenvalue weighted by Crippen LogP contribution is 2.20. The lowest BCUT2D eigenvalue weighted by molar-refractivity contribution is -0.147. The van der Waals surface area contributed by atoms with Gasteiger partial charge in [0.25, 0.3) is 5.91 Å². The van der Waals surface area contributed by atoms with Gasteiger partial charge >= 0.3 is 11.7 Å². The molecule has 0 aliphatic heterocycles. The van der Waals surface area contributed by atoms with Crippen LogP contribution in [0.2, 0.25) is 0 Å². The molecule has 0 aliphatic rings. The number of aryl methyl sites for hydroxylation is 2. The SMILES string of the molecule is Cc1cc(NC(=O)COC(=O)CCn2c(=O)oc3ccccc32)ccc1Br. The molecule has 0 fully saturated rings. The molecule has 0 spiro atoms. The molecule has 0 aliphatic carbocycles. The summed E-state index contributed by atoms with van der Waals surface area (Å²) >= 11 is 3.39. The molecule has 8 heteroatoms. The van der Waals surface area contributed by atoms with E-state index < -0.39 is 24.2 Å². The summed E-state index contributed by atoms with van der Waals surface area (Å²) in [5, 5.41) is 2.66. The van der Waals surface area contributed by atoms with Crippen LogP contribution in [0.4, 0.5) is 5.69 Å². The van der Waals surface area contributed by atoms with E-state index in [0.29, 0.717) is 16.8 Å². The van der Waals surface area contributed by atoms with Crippen molar-refractivity contribution in [1.29, 1.82) is 0 Å². The van der Waals surface area contributed by atoms with E-state index in [4.69, 9.17) is 9.15 Å². The summed E-state index contributed by atoms with van der Waals surface area (Å²) in [5.74, 6) is -1.54. The van der Waals surface area contributed by atoms with Gasteiger partial charge in [0, 0.05) is 16.7 Å². The molecule has 140 valence electrons. The third-order valence-corrected chi connectivity index (χ3v) is 4.81. The van der Waals surface area contributed by atoms with Crippen LogP contribution in [0.3, 0.4) is 0 Å². The van der Waals surface area contributed by atoms with Crippen molar-refractivity contribution < 1.29 is 18.7 Å². The Morgan fingerprint density at radius 2 is 2.00 bits per heavy atom. The summed E-state index contributed by atoms with van der Waals surface area (Å²) in [5.41, 5.74) is 2.66. The van der Waals surface area contributed by atoms with Gasteiger partial charge in [0.1, 0.15) is 0 Å². The molecular formula is C19H17BrN2O5. The van der Waals surface area contributed by atoms with Crippen LogP contribution in [0.15, 0.2) is 56.1 Å². The summed E-state index contributed by atoms with van der Waals surface area (Å²) in [7, 11) is 0. The highest BCUT2D eigenvalue weighted by Gasteiger charge is 2.12. The Bertz CT molecular complexity index is 1050. The Morgan fingerprint density at radius 3 is 2.78 bits per heavy atom. The van der Waals surface area contributed by atoms with E-state index in [0.717, 1.165) is 10.0 Å². The van der Waals surface area contributed by atoms with Gasteiger partial charge in [-0.05, 0) is 42.8 Å². The van der Waals surface area contributed by atoms with Crippen LogP contribution in [0.5, 0.6) is 0 Å². The van der Waals surface area contributed by atoms with Crippen molar-refractivity contribution in [2.24, 2.45) is 0 Å². The quantitative estimate of drug-likeness (QED) is 0.603. The van der Waals surface area contributed by atoms with Gasteiger partial charge in [0.15, 0.2) is 12.2 Å². The number of anilines is 1. The van der Waals surface area contributed by atoms with Gasteiger partial charge in [0.2, 0.25) is 0 Å². The van der Waals surface area contributed by atoms with E-state index in [1.165, 1.54) is 4.57 Å². The monoisotopic (exact) mass is 432 g/mol. The number of hydrogen-bond acceptors (Lipinski definition) is 5. The lowest BCUT2D eigenvalue weighted by Crippen LogP contribution is -2.22. The minimum absolute atomic E-state index is 0.0475. The number of benzene rings is 2. The predicted octanol–water partition coefficient (Wildman–Crippen LogP) is 3.24. The van der Waals surface area contributed by atoms with Gasteiger partial charge in [-0.25, -0.2) is 4.79 Å². The van der Waals surface area contributed by atoms with E-state index in [1.807, 2.05) is 13.0 Å². The highest BCUT2D eigenvalue weighted by atomic mass is 79.9. The van der Waals surface area contributed by atoms with Crippen LogP contribution in [-0.2, 0) is 20.9 Å². The summed E-state index contributed by atoms with van der Waals surface area (Å²) in [6.07, 6.45) is -0.0475. The number of oxazole rings is 1. The molecule has 7 nitrogen and oxygen atoms in total. The number of ether oxygens (including phenoxy) is 1. The maximum Gasteiger partial charge on any atom is 0.419 e. The zero-order valence-electron chi connectivity index (χ0n) is 14.5. The first-order chi connectivity index (χ1) is 12.9. The highest BCUT2D eigenvalue weighted by molar-refractivity contribution is 9.10. The number of hydrogen-bond donors (Lipinski definition) is 1. The molecular weight excluding hydrogens is 416 g/mol. The molecule has 27 heavy (non-hydrogen) atoms. The number of carbonyl (C=O) groups is 2. The molecule has 2 aromatic carbocycles. The topological polar surface area (TPSA) is 90.5 Å². The molecule has 0 atom stereocenters. The number of carbonyl (C=O) groups excluding carboxylic acids is 2. The Balaban J connectivity index is 1.50. The van der Waals surface area contributed by atoms with Crippen molar-refractivity contribution in [1.82, 2.24) is 4.57 Å². The third kappa shape index (κ3) is 4.65. The van der Waals surface area contributed by atoms with Crippen molar-refractivity contribution in [3.63, 3.8) is 0 Å². The second-order valence-electron chi connectivity index (χ2n) is 5.91. The Labute approximate surface area is 163 Å². The minimum atomic E-state index is -0.575. The zero-order chi connectivity index (χ0) is 19.4. The smallest absolute Gasteiger partial charge is 0.419 e. The standard InChI is InChI=1S/C19H17BrN2O5/c1-12-10-13(6-7-14(12)20)21-17(23)11-26-18(24)8-9-22-15-4-2-3-5-16(15)27-19(22)25/h2-7,10H,8-9,11H2,1H3,(H,21,23). The Morgan fingerprint density at radius 1 is 1.22 bits per heavy atom. The minimum Gasteiger partial charge on any atom is -0.456 e. The van der Waals surface area contributed by atoms with E-state index in [-0.39, 0.29) is 13.0 Å². The van der Waals surface area contributed by atoms with Crippen molar-refractivity contribution >= 4 is 44.6 Å². The van der Waals surface area contributed by atoms with Crippen molar-refractivity contribution in [2.75, 3.05) is 11.9 Å². The molecule has 3 rings (SSSR count). The van der Waals surface area contributed by atoms with Gasteiger partial charge in [0.05, 0.1) is 11.9 Å². The van der Waals surface area contributed by atoms with Gasteiger partial charge < -0.3 is 14.5 Å². The molecule has 1 N–H and O–H groups in total. The second-order valence-corrected chi connectivity index (χ2v) is 6.76. The van der Waals surface area contributed by atoms with Gasteiger partial charge in [-0.15, -0.1) is 0 Å². The fourth-order valence-electron chi connectivity index (χ4n) is 2.57. The van der Waals surface area contributed by atoms with E-state index in [9.17, 15) is 14.4 Å². The number of nitrogens with zero attached hydrogens (tertiary/aromatic N) is 1. The normalized spacial score (nSPS) is 10.7. The Hall–Kier alpha value is -2.87. The first-order valence-corrected chi connectivity index (χ1v) is 9.03. The number of rotatable bonds is 6. The molecule has 0 radical (unpaired) electrons. The predicted molar refractivity (Wildman–Crippen MR) is 104 cm³/mol. The number of esters is 1. The maximum atomic E-state index is 11.9. The van der Waals surface area contributed by atoms with Crippen LogP contribution >= 0.6 is 15.9 Å². The first-order valence-electron chi connectivity index (χ1n) is 8.24. The van der Waals surface area contributed by atoms with Gasteiger partial charge in [-0.1, -0.05) is 28.1 Å². The zero-order valence-corrected chi connectivity index (χ0v) is 16.1.